The summed E-state index contributed by atoms with van der Waals surface area (Å²) in [5.41, 5.74) is 3.03. The maximum atomic E-state index is 14.9. The first-order valence-electron chi connectivity index (χ1n) is 11.4. The van der Waals surface area contributed by atoms with Crippen LogP contribution >= 0.6 is 0 Å². The molecule has 0 radical (unpaired) electrons. The minimum Gasteiger partial charge on any atom is -0.494 e. The van der Waals surface area contributed by atoms with Crippen molar-refractivity contribution < 1.29 is 23.0 Å². The molecule has 1 aromatic carbocycles. The Morgan fingerprint density at radius 2 is 1.74 bits per heavy atom. The summed E-state index contributed by atoms with van der Waals surface area (Å²) in [6.07, 6.45) is 7.29. The van der Waals surface area contributed by atoms with Crippen LogP contribution in [0.3, 0.4) is 0 Å². The predicted octanol–water partition coefficient (Wildman–Crippen LogP) is 3.64. The molecular formula is C25H27F2N5O3. The van der Waals surface area contributed by atoms with Crippen LogP contribution in [-0.2, 0) is 17.7 Å². The van der Waals surface area contributed by atoms with Crippen LogP contribution < -0.4 is 9.47 Å². The van der Waals surface area contributed by atoms with E-state index in [-0.39, 0.29) is 23.5 Å². The lowest BCUT2D eigenvalue weighted by atomic mass is 10.0. The molecule has 8 nitrogen and oxygen atoms in total. The van der Waals surface area contributed by atoms with Crippen molar-refractivity contribution in [3.63, 3.8) is 0 Å². The minimum absolute atomic E-state index is 0.00910. The van der Waals surface area contributed by atoms with E-state index < -0.39 is 11.6 Å². The molecule has 35 heavy (non-hydrogen) atoms. The maximum absolute atomic E-state index is 14.9. The molecule has 5 rings (SSSR count). The zero-order chi connectivity index (χ0) is 24.4. The number of methoxy groups -OCH3 is 2. The van der Waals surface area contributed by atoms with E-state index >= 15 is 0 Å². The number of H-pyrrole nitrogens is 1. The van der Waals surface area contributed by atoms with Crippen LogP contribution in [0.4, 0.5) is 8.78 Å². The highest BCUT2D eigenvalue weighted by atomic mass is 19.1. The number of hydrogen-bond acceptors (Lipinski definition) is 6. The highest BCUT2D eigenvalue weighted by Crippen LogP contribution is 2.34. The van der Waals surface area contributed by atoms with Gasteiger partial charge in [-0.25, -0.2) is 13.8 Å². The molecule has 0 spiro atoms. The number of aromatic nitrogens is 4. The minimum atomic E-state index is -0.745. The van der Waals surface area contributed by atoms with E-state index in [1.807, 2.05) is 16.9 Å². The van der Waals surface area contributed by atoms with E-state index in [0.29, 0.717) is 11.2 Å². The standard InChI is InChI=1S/C25H27F2N5O3/c1-33-21-11-22(34-2)24(27)20(23(21)26)10-17-13-29-25-19(17)9-16(12-28-25)18-14-30-32(15-18)4-3-31-5-7-35-8-6-31/h9,11-15H,3-8,10H2,1-2H3,(H,28,29). The number of fused-ring (bicyclic) bond motifs is 1. The quantitative estimate of drug-likeness (QED) is 0.412. The van der Waals surface area contributed by atoms with Crippen LogP contribution in [0.5, 0.6) is 11.5 Å². The topological polar surface area (TPSA) is 77.4 Å². The van der Waals surface area contributed by atoms with Crippen molar-refractivity contribution in [3.05, 3.63) is 59.7 Å². The molecule has 1 N–H and O–H groups in total. The molecule has 0 amide bonds. The summed E-state index contributed by atoms with van der Waals surface area (Å²) in [6.45, 7) is 5.10. The molecule has 10 heteroatoms. The molecular weight excluding hydrogens is 456 g/mol. The molecule has 0 atom stereocenters. The number of hydrogen-bond donors (Lipinski definition) is 1. The van der Waals surface area contributed by atoms with Crippen LogP contribution in [0.2, 0.25) is 0 Å². The van der Waals surface area contributed by atoms with E-state index in [2.05, 4.69) is 20.0 Å². The first-order valence-corrected chi connectivity index (χ1v) is 11.4. The lowest BCUT2D eigenvalue weighted by molar-refractivity contribution is 0.0360. The fourth-order valence-corrected chi connectivity index (χ4v) is 4.35. The molecule has 1 saturated heterocycles. The van der Waals surface area contributed by atoms with Gasteiger partial charge in [-0.15, -0.1) is 0 Å². The van der Waals surface area contributed by atoms with Crippen LogP contribution in [-0.4, -0.2) is 71.7 Å². The van der Waals surface area contributed by atoms with Gasteiger partial charge in [-0.2, -0.15) is 5.10 Å². The van der Waals surface area contributed by atoms with Crippen LogP contribution in [0.15, 0.2) is 36.9 Å². The van der Waals surface area contributed by atoms with Gasteiger partial charge in [0.1, 0.15) is 5.65 Å². The summed E-state index contributed by atoms with van der Waals surface area (Å²) in [7, 11) is 2.67. The number of morpholine rings is 1. The van der Waals surface area contributed by atoms with Crippen molar-refractivity contribution >= 4 is 11.0 Å². The molecule has 0 bridgehead atoms. The third-order valence-corrected chi connectivity index (χ3v) is 6.36. The Kier molecular flexibility index (Phi) is 6.65. The van der Waals surface area contributed by atoms with Gasteiger partial charge >= 0.3 is 0 Å². The number of benzene rings is 1. The largest absolute Gasteiger partial charge is 0.494 e. The van der Waals surface area contributed by atoms with E-state index in [1.54, 1.807) is 18.6 Å². The molecule has 3 aromatic heterocycles. The molecule has 4 heterocycles. The SMILES string of the molecule is COc1cc(OC)c(F)c(Cc2c[nH]c3ncc(-c4cnn(CCN5CCOCC5)c4)cc23)c1F. The number of nitrogens with zero attached hydrogens (tertiary/aromatic N) is 4. The van der Waals surface area contributed by atoms with Crippen LogP contribution in [0, 0.1) is 11.6 Å². The second-order valence-electron chi connectivity index (χ2n) is 8.44. The number of ether oxygens (including phenoxy) is 3. The molecule has 1 aliphatic heterocycles. The van der Waals surface area contributed by atoms with E-state index in [1.165, 1.54) is 20.3 Å². The summed E-state index contributed by atoms with van der Waals surface area (Å²) in [5, 5.41) is 5.27. The van der Waals surface area contributed by atoms with Crippen LogP contribution in [0.1, 0.15) is 11.1 Å². The second kappa shape index (κ2) is 10.0. The first-order chi connectivity index (χ1) is 17.1. The molecule has 1 aliphatic rings. The van der Waals surface area contributed by atoms with Gasteiger partial charge in [-0.1, -0.05) is 0 Å². The maximum Gasteiger partial charge on any atom is 0.171 e. The lowest BCUT2D eigenvalue weighted by Crippen LogP contribution is -2.38. The van der Waals surface area contributed by atoms with Gasteiger partial charge in [0.05, 0.1) is 40.2 Å². The van der Waals surface area contributed by atoms with Crippen LogP contribution in [0.25, 0.3) is 22.2 Å². The zero-order valence-corrected chi connectivity index (χ0v) is 19.7. The fraction of sp³-hybridized carbons (Fsp3) is 0.360. The molecule has 0 saturated carbocycles. The van der Waals surface area contributed by atoms with Gasteiger partial charge in [-0.05, 0) is 11.6 Å². The fourth-order valence-electron chi connectivity index (χ4n) is 4.35. The van der Waals surface area contributed by atoms with Gasteiger partial charge in [0.15, 0.2) is 23.1 Å². The van der Waals surface area contributed by atoms with Crippen molar-refractivity contribution in [2.75, 3.05) is 47.1 Å². The van der Waals surface area contributed by atoms with Gasteiger partial charge < -0.3 is 19.2 Å². The lowest BCUT2D eigenvalue weighted by Gasteiger charge is -2.26. The Morgan fingerprint density at radius 1 is 1.00 bits per heavy atom. The summed E-state index contributed by atoms with van der Waals surface area (Å²) < 4.78 is 47.3. The number of pyridine rings is 1. The van der Waals surface area contributed by atoms with E-state index in [0.717, 1.165) is 55.9 Å². The molecule has 184 valence electrons. The smallest absolute Gasteiger partial charge is 0.171 e. The average molecular weight is 484 g/mol. The van der Waals surface area contributed by atoms with Crippen molar-refractivity contribution in [1.82, 2.24) is 24.6 Å². The van der Waals surface area contributed by atoms with E-state index in [9.17, 15) is 8.78 Å². The Bertz CT molecular complexity index is 1300. The van der Waals surface area contributed by atoms with Crippen molar-refractivity contribution in [2.24, 2.45) is 0 Å². The summed E-state index contributed by atoms with van der Waals surface area (Å²) in [6, 6.07) is 3.17. The number of rotatable bonds is 8. The van der Waals surface area contributed by atoms with Crippen molar-refractivity contribution in [1.29, 1.82) is 0 Å². The van der Waals surface area contributed by atoms with Gasteiger partial charge in [-0.3, -0.25) is 9.58 Å². The molecule has 0 unspecified atom stereocenters. The van der Waals surface area contributed by atoms with Gasteiger partial charge in [0.25, 0.3) is 0 Å². The molecule has 4 aromatic rings. The monoisotopic (exact) mass is 483 g/mol. The third-order valence-electron chi connectivity index (χ3n) is 6.36. The third kappa shape index (κ3) is 4.71. The summed E-state index contributed by atoms with van der Waals surface area (Å²) in [4.78, 5) is 9.96. The van der Waals surface area contributed by atoms with Gasteiger partial charge in [0, 0.05) is 72.8 Å². The highest BCUT2D eigenvalue weighted by Gasteiger charge is 2.21. The summed E-state index contributed by atoms with van der Waals surface area (Å²) >= 11 is 0. The van der Waals surface area contributed by atoms with Crippen molar-refractivity contribution in [2.45, 2.75) is 13.0 Å². The Morgan fingerprint density at radius 3 is 2.46 bits per heavy atom. The number of aromatic amines is 1. The highest BCUT2D eigenvalue weighted by molar-refractivity contribution is 5.84. The van der Waals surface area contributed by atoms with E-state index in [4.69, 9.17) is 14.2 Å². The zero-order valence-electron chi connectivity index (χ0n) is 19.7. The summed E-state index contributed by atoms with van der Waals surface area (Å²) in [5.74, 6) is -1.63. The van der Waals surface area contributed by atoms with Gasteiger partial charge in [0.2, 0.25) is 0 Å². The first kappa shape index (κ1) is 23.3. The Balaban J connectivity index is 1.40. The second-order valence-corrected chi connectivity index (χ2v) is 8.44. The Labute approximate surface area is 201 Å². The normalized spacial score (nSPS) is 14.5. The van der Waals surface area contributed by atoms with Crippen molar-refractivity contribution in [3.8, 4) is 22.6 Å². The number of halogens is 2. The molecule has 1 fully saturated rings. The average Bonchev–Trinajstić information content (AvgIpc) is 3.53. The number of nitrogens with one attached hydrogen (secondary N) is 1. The molecule has 0 aliphatic carbocycles. The Hall–Kier alpha value is -3.50. The predicted molar refractivity (Wildman–Crippen MR) is 127 cm³/mol.